The lowest BCUT2D eigenvalue weighted by atomic mass is 10.1. The first-order valence-electron chi connectivity index (χ1n) is 8.77. The molecule has 2 aromatic carbocycles. The lowest BCUT2D eigenvalue weighted by molar-refractivity contribution is 0.0870. The average molecular weight is 363 g/mol. The summed E-state index contributed by atoms with van der Waals surface area (Å²) >= 11 is 0. The standard InChI is InChI=1S/C21H21N3O3/c1-13(2)26-10-9-23-16-7-5-15(6-8-16)21-24-19-12-17(22-4)11-18(14(3)25)20(19)27-21/h5-8,11-13,23H,9-10H2,1-3H3. The van der Waals surface area contributed by atoms with E-state index in [4.69, 9.17) is 15.7 Å². The van der Waals surface area contributed by atoms with Crippen LogP contribution in [0.15, 0.2) is 40.8 Å². The van der Waals surface area contributed by atoms with E-state index >= 15 is 0 Å². The predicted molar refractivity (Wildman–Crippen MR) is 105 cm³/mol. The van der Waals surface area contributed by atoms with Gasteiger partial charge >= 0.3 is 0 Å². The quantitative estimate of drug-likeness (QED) is 0.360. The number of ketones is 1. The molecule has 138 valence electrons. The van der Waals surface area contributed by atoms with Crippen molar-refractivity contribution < 1.29 is 13.9 Å². The zero-order chi connectivity index (χ0) is 19.4. The van der Waals surface area contributed by atoms with Crippen LogP contribution in [0.3, 0.4) is 0 Å². The SMILES string of the molecule is [C-]#[N+]c1cc(C(C)=O)c2oc(-c3ccc(NCCOC(C)C)cc3)nc2c1. The van der Waals surface area contributed by atoms with Crippen molar-refractivity contribution in [3.8, 4) is 11.5 Å². The molecule has 1 N–H and O–H groups in total. The van der Waals surface area contributed by atoms with Gasteiger partial charge in [-0.2, -0.15) is 0 Å². The van der Waals surface area contributed by atoms with Crippen LogP contribution in [0, 0.1) is 6.57 Å². The van der Waals surface area contributed by atoms with Crippen LogP contribution in [-0.4, -0.2) is 30.0 Å². The van der Waals surface area contributed by atoms with Crippen molar-refractivity contribution in [1.29, 1.82) is 0 Å². The van der Waals surface area contributed by atoms with Crippen molar-refractivity contribution >= 4 is 28.3 Å². The third kappa shape index (κ3) is 4.33. The second-order valence-corrected chi connectivity index (χ2v) is 6.45. The minimum atomic E-state index is -0.156. The van der Waals surface area contributed by atoms with Gasteiger partial charge in [-0.25, -0.2) is 9.83 Å². The minimum Gasteiger partial charge on any atom is -0.435 e. The molecule has 0 aliphatic carbocycles. The van der Waals surface area contributed by atoms with Crippen molar-refractivity contribution in [3.63, 3.8) is 0 Å². The summed E-state index contributed by atoms with van der Waals surface area (Å²) in [7, 11) is 0. The monoisotopic (exact) mass is 363 g/mol. The maximum atomic E-state index is 11.9. The summed E-state index contributed by atoms with van der Waals surface area (Å²) in [5.74, 6) is 0.265. The van der Waals surface area contributed by atoms with Gasteiger partial charge in [0.25, 0.3) is 0 Å². The Morgan fingerprint density at radius 1 is 1.30 bits per heavy atom. The number of oxazole rings is 1. The number of anilines is 1. The first kappa shape index (κ1) is 18.6. The molecular weight excluding hydrogens is 342 g/mol. The summed E-state index contributed by atoms with van der Waals surface area (Å²) in [5, 5.41) is 3.29. The molecule has 6 nitrogen and oxygen atoms in total. The number of aromatic nitrogens is 1. The van der Waals surface area contributed by atoms with E-state index in [-0.39, 0.29) is 11.9 Å². The molecule has 6 heteroatoms. The first-order chi connectivity index (χ1) is 13.0. The second-order valence-electron chi connectivity index (χ2n) is 6.45. The molecule has 0 atom stereocenters. The Labute approximate surface area is 158 Å². The van der Waals surface area contributed by atoms with Gasteiger partial charge in [0, 0.05) is 17.8 Å². The number of nitrogens with zero attached hydrogens (tertiary/aromatic N) is 2. The number of carbonyl (C=O) groups is 1. The van der Waals surface area contributed by atoms with E-state index in [1.807, 2.05) is 38.1 Å². The fraction of sp³-hybridized carbons (Fsp3) is 0.286. The summed E-state index contributed by atoms with van der Waals surface area (Å²) in [6, 6.07) is 10.9. The van der Waals surface area contributed by atoms with Gasteiger partial charge in [0.05, 0.1) is 24.8 Å². The van der Waals surface area contributed by atoms with Crippen molar-refractivity contribution in [2.45, 2.75) is 26.9 Å². The van der Waals surface area contributed by atoms with E-state index in [0.29, 0.717) is 34.8 Å². The summed E-state index contributed by atoms with van der Waals surface area (Å²) in [6.45, 7) is 14.0. The molecule has 3 rings (SSSR count). The molecule has 0 bridgehead atoms. The molecule has 0 spiro atoms. The van der Waals surface area contributed by atoms with Crippen LogP contribution in [-0.2, 0) is 4.74 Å². The van der Waals surface area contributed by atoms with Crippen LogP contribution < -0.4 is 5.32 Å². The number of benzene rings is 2. The smallest absolute Gasteiger partial charge is 0.227 e. The van der Waals surface area contributed by atoms with Crippen LogP contribution in [0.2, 0.25) is 0 Å². The Morgan fingerprint density at radius 3 is 2.67 bits per heavy atom. The van der Waals surface area contributed by atoms with Crippen LogP contribution in [0.4, 0.5) is 11.4 Å². The molecule has 3 aromatic rings. The zero-order valence-corrected chi connectivity index (χ0v) is 15.6. The molecule has 0 aliphatic rings. The third-order valence-electron chi connectivity index (χ3n) is 4.00. The summed E-state index contributed by atoms with van der Waals surface area (Å²) in [4.78, 5) is 19.7. The number of Topliss-reactive ketones (excluding diaryl/α,β-unsaturated/α-hetero) is 1. The number of rotatable bonds is 7. The summed E-state index contributed by atoms with van der Waals surface area (Å²) in [6.07, 6.45) is 0.219. The largest absolute Gasteiger partial charge is 0.435 e. The number of hydrogen-bond acceptors (Lipinski definition) is 5. The van der Waals surface area contributed by atoms with Gasteiger partial charge in [-0.15, -0.1) is 0 Å². The van der Waals surface area contributed by atoms with E-state index in [1.54, 1.807) is 12.1 Å². The maximum absolute atomic E-state index is 11.9. The maximum Gasteiger partial charge on any atom is 0.227 e. The van der Waals surface area contributed by atoms with E-state index in [0.717, 1.165) is 17.8 Å². The Bertz CT molecular complexity index is 998. The highest BCUT2D eigenvalue weighted by atomic mass is 16.5. The second kappa shape index (κ2) is 8.02. The predicted octanol–water partition coefficient (Wildman–Crippen LogP) is 5.09. The molecule has 0 aliphatic heterocycles. The number of fused-ring (bicyclic) bond motifs is 1. The van der Waals surface area contributed by atoms with Crippen molar-refractivity contribution in [2.24, 2.45) is 0 Å². The lowest BCUT2D eigenvalue weighted by Crippen LogP contribution is -2.13. The van der Waals surface area contributed by atoms with Gasteiger partial charge in [0.2, 0.25) is 5.89 Å². The average Bonchev–Trinajstić information content (AvgIpc) is 3.08. The number of hydrogen-bond donors (Lipinski definition) is 1. The van der Waals surface area contributed by atoms with E-state index < -0.39 is 0 Å². The van der Waals surface area contributed by atoms with Crippen LogP contribution in [0.25, 0.3) is 27.4 Å². The fourth-order valence-corrected chi connectivity index (χ4v) is 2.69. The Hall–Kier alpha value is -3.17. The molecule has 0 radical (unpaired) electrons. The van der Waals surface area contributed by atoms with Gasteiger partial charge in [-0.1, -0.05) is 0 Å². The fourth-order valence-electron chi connectivity index (χ4n) is 2.69. The molecule has 0 amide bonds. The van der Waals surface area contributed by atoms with Crippen molar-refractivity contribution in [3.05, 3.63) is 53.4 Å². The molecule has 1 heterocycles. The van der Waals surface area contributed by atoms with Gasteiger partial charge < -0.3 is 14.5 Å². The minimum absolute atomic E-state index is 0.156. The van der Waals surface area contributed by atoms with E-state index in [2.05, 4.69) is 15.1 Å². The van der Waals surface area contributed by atoms with Crippen LogP contribution in [0.5, 0.6) is 0 Å². The third-order valence-corrected chi connectivity index (χ3v) is 4.00. The number of carbonyl (C=O) groups excluding carboxylic acids is 1. The number of ether oxygens (including phenoxy) is 1. The van der Waals surface area contributed by atoms with E-state index in [1.165, 1.54) is 6.92 Å². The van der Waals surface area contributed by atoms with Gasteiger partial charge in [0.1, 0.15) is 5.52 Å². The van der Waals surface area contributed by atoms with Gasteiger partial charge in [0.15, 0.2) is 17.1 Å². The highest BCUT2D eigenvalue weighted by Gasteiger charge is 2.16. The van der Waals surface area contributed by atoms with E-state index in [9.17, 15) is 4.79 Å². The van der Waals surface area contributed by atoms with Crippen LogP contribution in [0.1, 0.15) is 31.1 Å². The van der Waals surface area contributed by atoms with Crippen molar-refractivity contribution in [1.82, 2.24) is 4.98 Å². The highest BCUT2D eigenvalue weighted by molar-refractivity contribution is 6.05. The summed E-state index contributed by atoms with van der Waals surface area (Å²) < 4.78 is 11.3. The van der Waals surface area contributed by atoms with Crippen molar-refractivity contribution in [2.75, 3.05) is 18.5 Å². The molecule has 0 saturated heterocycles. The normalized spacial score (nSPS) is 10.9. The van der Waals surface area contributed by atoms with Gasteiger partial charge in [-0.05, 0) is 57.2 Å². The Morgan fingerprint density at radius 2 is 2.04 bits per heavy atom. The highest BCUT2D eigenvalue weighted by Crippen LogP contribution is 2.31. The van der Waals surface area contributed by atoms with Crippen LogP contribution >= 0.6 is 0 Å². The molecule has 0 unspecified atom stereocenters. The topological polar surface area (TPSA) is 68.7 Å². The molecule has 27 heavy (non-hydrogen) atoms. The molecule has 1 aromatic heterocycles. The molecular formula is C21H21N3O3. The first-order valence-corrected chi connectivity index (χ1v) is 8.77. The zero-order valence-electron chi connectivity index (χ0n) is 15.6. The number of nitrogens with one attached hydrogen (secondary N) is 1. The Balaban J connectivity index is 1.82. The molecule has 0 fully saturated rings. The Kier molecular flexibility index (Phi) is 5.53. The summed E-state index contributed by atoms with van der Waals surface area (Å²) in [5.41, 5.74) is 3.45. The molecule has 0 saturated carbocycles. The lowest BCUT2D eigenvalue weighted by Gasteiger charge is -2.09. The van der Waals surface area contributed by atoms with Gasteiger partial charge in [-0.3, -0.25) is 4.79 Å².